The molecule has 0 amide bonds. The molecule has 90 valence electrons. The Morgan fingerprint density at radius 3 is 2.56 bits per heavy atom. The van der Waals surface area contributed by atoms with E-state index in [0.717, 1.165) is 6.42 Å². The fourth-order valence-corrected chi connectivity index (χ4v) is 1.15. The molecule has 1 N–H and O–H groups in total. The summed E-state index contributed by atoms with van der Waals surface area (Å²) in [6, 6.07) is 2.72. The molecule has 0 saturated heterocycles. The van der Waals surface area contributed by atoms with Gasteiger partial charge in [0.05, 0.1) is 12.3 Å². The number of ether oxygens (including phenoxy) is 1. The van der Waals surface area contributed by atoms with E-state index in [9.17, 15) is 13.2 Å². The molecule has 16 heavy (non-hydrogen) atoms. The zero-order valence-electron chi connectivity index (χ0n) is 9.06. The van der Waals surface area contributed by atoms with Crippen LogP contribution < -0.4 is 10.1 Å². The number of rotatable bonds is 4. The van der Waals surface area contributed by atoms with Crippen LogP contribution in [0.25, 0.3) is 0 Å². The minimum absolute atomic E-state index is 0.00632. The molecule has 0 fully saturated rings. The van der Waals surface area contributed by atoms with E-state index < -0.39 is 11.9 Å². The second-order valence-electron chi connectivity index (χ2n) is 3.14. The Morgan fingerprint density at radius 2 is 2.06 bits per heavy atom. The van der Waals surface area contributed by atoms with Crippen molar-refractivity contribution >= 4 is 5.69 Å². The van der Waals surface area contributed by atoms with Crippen LogP contribution in [-0.4, -0.2) is 18.6 Å². The third-order valence-electron chi connectivity index (χ3n) is 1.86. The van der Waals surface area contributed by atoms with Gasteiger partial charge in [0.1, 0.15) is 0 Å². The molecule has 6 heteroatoms. The first kappa shape index (κ1) is 12.6. The van der Waals surface area contributed by atoms with Gasteiger partial charge in [-0.3, -0.25) is 0 Å². The first-order valence-electron chi connectivity index (χ1n) is 4.87. The maximum absolute atomic E-state index is 12.6. The second kappa shape index (κ2) is 5.05. The Labute approximate surface area is 91.6 Å². The Morgan fingerprint density at radius 1 is 1.38 bits per heavy atom. The number of pyridine rings is 1. The topological polar surface area (TPSA) is 34.1 Å². The van der Waals surface area contributed by atoms with Gasteiger partial charge < -0.3 is 10.1 Å². The maximum atomic E-state index is 12.6. The molecule has 1 rings (SSSR count). The summed E-state index contributed by atoms with van der Waals surface area (Å²) >= 11 is 0. The van der Waals surface area contributed by atoms with Crippen molar-refractivity contribution in [3.05, 3.63) is 17.8 Å². The van der Waals surface area contributed by atoms with Gasteiger partial charge in [0.2, 0.25) is 5.88 Å². The minimum Gasteiger partial charge on any atom is -0.478 e. The van der Waals surface area contributed by atoms with Gasteiger partial charge in [-0.2, -0.15) is 13.2 Å². The Balaban J connectivity index is 3.02. The molecule has 0 spiro atoms. The van der Waals surface area contributed by atoms with Crippen LogP contribution in [0.15, 0.2) is 12.1 Å². The van der Waals surface area contributed by atoms with E-state index >= 15 is 0 Å². The standard InChI is InChI=1S/C10H13F3N2O/c1-3-6-16-8-5-4-7(14-2)9(15-8)10(11,12)13/h4-5,14H,3,6H2,1-2H3. The summed E-state index contributed by atoms with van der Waals surface area (Å²) in [6.45, 7) is 2.22. The predicted octanol–water partition coefficient (Wildman–Crippen LogP) is 2.93. The summed E-state index contributed by atoms with van der Waals surface area (Å²) in [5.41, 5.74) is -1.01. The van der Waals surface area contributed by atoms with E-state index in [2.05, 4.69) is 10.3 Å². The highest BCUT2D eigenvalue weighted by molar-refractivity contribution is 5.50. The number of aromatic nitrogens is 1. The summed E-state index contributed by atoms with van der Waals surface area (Å²) in [5, 5.41) is 2.45. The molecule has 1 aromatic heterocycles. The van der Waals surface area contributed by atoms with Crippen molar-refractivity contribution in [3.8, 4) is 5.88 Å². The van der Waals surface area contributed by atoms with Gasteiger partial charge in [-0.15, -0.1) is 0 Å². The lowest BCUT2D eigenvalue weighted by Crippen LogP contribution is -2.12. The summed E-state index contributed by atoms with van der Waals surface area (Å²) in [7, 11) is 1.42. The van der Waals surface area contributed by atoms with Crippen LogP contribution >= 0.6 is 0 Å². The van der Waals surface area contributed by atoms with Crippen LogP contribution in [0.4, 0.5) is 18.9 Å². The van der Waals surface area contributed by atoms with Crippen molar-refractivity contribution in [2.24, 2.45) is 0 Å². The quantitative estimate of drug-likeness (QED) is 0.869. The largest absolute Gasteiger partial charge is 0.478 e. The molecule has 0 aliphatic heterocycles. The molecule has 0 aromatic carbocycles. The lowest BCUT2D eigenvalue weighted by atomic mass is 10.3. The summed E-state index contributed by atoms with van der Waals surface area (Å²) in [6.07, 6.45) is -3.76. The normalized spacial score (nSPS) is 11.3. The van der Waals surface area contributed by atoms with E-state index in [-0.39, 0.29) is 11.6 Å². The number of anilines is 1. The minimum atomic E-state index is -4.48. The number of nitrogens with zero attached hydrogens (tertiary/aromatic N) is 1. The molecular weight excluding hydrogens is 221 g/mol. The molecule has 3 nitrogen and oxygen atoms in total. The molecule has 0 unspecified atom stereocenters. The van der Waals surface area contributed by atoms with Crippen molar-refractivity contribution in [3.63, 3.8) is 0 Å². The van der Waals surface area contributed by atoms with E-state index in [4.69, 9.17) is 4.74 Å². The third-order valence-corrected chi connectivity index (χ3v) is 1.86. The molecule has 0 bridgehead atoms. The number of hydrogen-bond acceptors (Lipinski definition) is 3. The van der Waals surface area contributed by atoms with Gasteiger partial charge in [-0.05, 0) is 12.5 Å². The van der Waals surface area contributed by atoms with Gasteiger partial charge in [-0.1, -0.05) is 6.92 Å². The van der Waals surface area contributed by atoms with Gasteiger partial charge in [0.25, 0.3) is 0 Å². The fourth-order valence-electron chi connectivity index (χ4n) is 1.15. The molecule has 0 radical (unpaired) electrons. The highest BCUT2D eigenvalue weighted by Crippen LogP contribution is 2.34. The fraction of sp³-hybridized carbons (Fsp3) is 0.500. The number of alkyl halides is 3. The smallest absolute Gasteiger partial charge is 0.435 e. The molecule has 0 aliphatic rings. The van der Waals surface area contributed by atoms with Crippen LogP contribution in [0.2, 0.25) is 0 Å². The Hall–Kier alpha value is -1.46. The van der Waals surface area contributed by atoms with Crippen molar-refractivity contribution in [1.29, 1.82) is 0 Å². The average molecular weight is 234 g/mol. The summed E-state index contributed by atoms with van der Waals surface area (Å²) < 4.78 is 42.8. The SMILES string of the molecule is CCCOc1ccc(NC)c(C(F)(F)F)n1. The summed E-state index contributed by atoms with van der Waals surface area (Å²) in [4.78, 5) is 3.44. The van der Waals surface area contributed by atoms with Crippen LogP contribution in [0.5, 0.6) is 5.88 Å². The average Bonchev–Trinajstić information content (AvgIpc) is 2.24. The number of hydrogen-bond donors (Lipinski definition) is 1. The molecule has 0 saturated carbocycles. The monoisotopic (exact) mass is 234 g/mol. The molecule has 0 aliphatic carbocycles. The summed E-state index contributed by atoms with van der Waals surface area (Å²) in [5.74, 6) is -0.00632. The van der Waals surface area contributed by atoms with Gasteiger partial charge in [0.15, 0.2) is 5.69 Å². The Bertz CT molecular complexity index is 352. The lowest BCUT2D eigenvalue weighted by molar-refractivity contribution is -0.140. The first-order chi connectivity index (χ1) is 7.49. The van der Waals surface area contributed by atoms with Crippen LogP contribution in [-0.2, 0) is 6.18 Å². The number of nitrogens with one attached hydrogen (secondary N) is 1. The van der Waals surface area contributed by atoms with Gasteiger partial charge >= 0.3 is 6.18 Å². The highest BCUT2D eigenvalue weighted by atomic mass is 19.4. The lowest BCUT2D eigenvalue weighted by Gasteiger charge is -2.13. The van der Waals surface area contributed by atoms with E-state index in [0.29, 0.717) is 6.61 Å². The van der Waals surface area contributed by atoms with Gasteiger partial charge in [0, 0.05) is 13.1 Å². The Kier molecular flexibility index (Phi) is 3.98. The maximum Gasteiger partial charge on any atom is 0.435 e. The van der Waals surface area contributed by atoms with Crippen molar-refractivity contribution in [2.75, 3.05) is 19.0 Å². The first-order valence-corrected chi connectivity index (χ1v) is 4.87. The van der Waals surface area contributed by atoms with Crippen LogP contribution in [0.3, 0.4) is 0 Å². The van der Waals surface area contributed by atoms with E-state index in [1.54, 1.807) is 0 Å². The zero-order chi connectivity index (χ0) is 12.2. The van der Waals surface area contributed by atoms with Crippen molar-refractivity contribution in [1.82, 2.24) is 4.98 Å². The molecular formula is C10H13F3N2O. The molecule has 1 heterocycles. The number of halogens is 3. The van der Waals surface area contributed by atoms with Gasteiger partial charge in [-0.25, -0.2) is 4.98 Å². The zero-order valence-corrected chi connectivity index (χ0v) is 9.06. The predicted molar refractivity (Wildman–Crippen MR) is 54.6 cm³/mol. The van der Waals surface area contributed by atoms with Crippen LogP contribution in [0, 0.1) is 0 Å². The second-order valence-corrected chi connectivity index (χ2v) is 3.14. The highest BCUT2D eigenvalue weighted by Gasteiger charge is 2.35. The van der Waals surface area contributed by atoms with Crippen LogP contribution in [0.1, 0.15) is 19.0 Å². The van der Waals surface area contributed by atoms with E-state index in [1.807, 2.05) is 6.92 Å². The van der Waals surface area contributed by atoms with Crippen molar-refractivity contribution < 1.29 is 17.9 Å². The molecule has 0 atom stereocenters. The van der Waals surface area contributed by atoms with Crippen molar-refractivity contribution in [2.45, 2.75) is 19.5 Å². The van der Waals surface area contributed by atoms with E-state index in [1.165, 1.54) is 19.2 Å². The third kappa shape index (κ3) is 3.01. The molecule has 1 aromatic rings.